The van der Waals surface area contributed by atoms with Crippen molar-refractivity contribution in [3.8, 4) is 17.0 Å². The normalized spacial score (nSPS) is 10.8. The molecule has 0 fully saturated rings. The molecular weight excluding hydrogens is 280 g/mol. The van der Waals surface area contributed by atoms with Gasteiger partial charge in [-0.2, -0.15) is 0 Å². The maximum absolute atomic E-state index is 5.20. The fraction of sp³-hybridized carbons (Fsp3) is 0.471. The van der Waals surface area contributed by atoms with Gasteiger partial charge in [-0.25, -0.2) is 4.98 Å². The first-order chi connectivity index (χ1) is 10.2. The van der Waals surface area contributed by atoms with Crippen molar-refractivity contribution in [2.24, 2.45) is 0 Å². The van der Waals surface area contributed by atoms with Crippen LogP contribution in [0.5, 0.6) is 5.75 Å². The van der Waals surface area contributed by atoms with Gasteiger partial charge in [0, 0.05) is 23.4 Å². The van der Waals surface area contributed by atoms with E-state index in [4.69, 9.17) is 9.72 Å². The van der Waals surface area contributed by atoms with Crippen LogP contribution in [0.15, 0.2) is 24.3 Å². The van der Waals surface area contributed by atoms with Gasteiger partial charge in [0.2, 0.25) is 0 Å². The van der Waals surface area contributed by atoms with Gasteiger partial charge >= 0.3 is 0 Å². The summed E-state index contributed by atoms with van der Waals surface area (Å²) in [5.74, 6) is 0.881. The molecule has 114 valence electrons. The quantitative estimate of drug-likeness (QED) is 0.747. The van der Waals surface area contributed by atoms with Crippen molar-refractivity contribution < 1.29 is 4.74 Å². The first kappa shape index (κ1) is 16.0. The molecule has 0 spiro atoms. The molecule has 0 saturated carbocycles. The Morgan fingerprint density at radius 2 is 1.95 bits per heavy atom. The second-order valence-electron chi connectivity index (χ2n) is 5.09. The van der Waals surface area contributed by atoms with Crippen molar-refractivity contribution in [3.05, 3.63) is 34.2 Å². The summed E-state index contributed by atoms with van der Waals surface area (Å²) in [5.41, 5.74) is 2.26. The lowest BCUT2D eigenvalue weighted by Gasteiger charge is -2.02. The van der Waals surface area contributed by atoms with Gasteiger partial charge in [0.25, 0.3) is 0 Å². The molecule has 0 aliphatic heterocycles. The van der Waals surface area contributed by atoms with Crippen molar-refractivity contribution in [2.45, 2.75) is 33.1 Å². The number of hydrogen-bond donors (Lipinski definition) is 1. The Morgan fingerprint density at radius 1 is 1.19 bits per heavy atom. The van der Waals surface area contributed by atoms with E-state index in [1.807, 2.05) is 12.1 Å². The van der Waals surface area contributed by atoms with Crippen molar-refractivity contribution in [1.29, 1.82) is 0 Å². The monoisotopic (exact) mass is 304 g/mol. The fourth-order valence-electron chi connectivity index (χ4n) is 2.20. The molecule has 0 amide bonds. The Morgan fingerprint density at radius 3 is 2.62 bits per heavy atom. The maximum atomic E-state index is 5.20. The molecule has 1 N–H and O–H groups in total. The largest absolute Gasteiger partial charge is 0.497 e. The Balaban J connectivity index is 1.97. The lowest BCUT2D eigenvalue weighted by molar-refractivity contribution is 0.415. The van der Waals surface area contributed by atoms with E-state index in [1.165, 1.54) is 22.7 Å². The number of ether oxygens (including phenoxy) is 1. The number of aryl methyl sites for hydroxylation is 1. The third-order valence-electron chi connectivity index (χ3n) is 3.43. The highest BCUT2D eigenvalue weighted by atomic mass is 32.1. The molecule has 1 heterocycles. The van der Waals surface area contributed by atoms with Crippen LogP contribution < -0.4 is 10.1 Å². The fourth-order valence-corrected chi connectivity index (χ4v) is 3.15. The van der Waals surface area contributed by atoms with Gasteiger partial charge in [0.05, 0.1) is 17.8 Å². The molecule has 1 aromatic carbocycles. The summed E-state index contributed by atoms with van der Waals surface area (Å²) in [6, 6.07) is 8.12. The van der Waals surface area contributed by atoms with Gasteiger partial charge in [0.1, 0.15) is 5.75 Å². The smallest absolute Gasteiger partial charge is 0.118 e. The third kappa shape index (κ3) is 4.55. The molecule has 0 saturated heterocycles. The van der Waals surface area contributed by atoms with Gasteiger partial charge in [-0.3, -0.25) is 0 Å². The van der Waals surface area contributed by atoms with Crippen LogP contribution in [0.25, 0.3) is 11.3 Å². The topological polar surface area (TPSA) is 34.2 Å². The first-order valence-electron chi connectivity index (χ1n) is 7.56. The molecule has 0 unspecified atom stereocenters. The summed E-state index contributed by atoms with van der Waals surface area (Å²) in [6.45, 7) is 6.47. The Labute approximate surface area is 131 Å². The van der Waals surface area contributed by atoms with Gasteiger partial charge in [-0.15, -0.1) is 11.3 Å². The van der Waals surface area contributed by atoms with Gasteiger partial charge in [-0.1, -0.05) is 13.3 Å². The summed E-state index contributed by atoms with van der Waals surface area (Å²) in [4.78, 5) is 6.07. The van der Waals surface area contributed by atoms with Crippen LogP contribution in [0.1, 0.15) is 29.7 Å². The van der Waals surface area contributed by atoms with Gasteiger partial charge < -0.3 is 10.1 Å². The molecule has 3 nitrogen and oxygen atoms in total. The lowest BCUT2D eigenvalue weighted by atomic mass is 10.1. The van der Waals surface area contributed by atoms with Crippen molar-refractivity contribution >= 4 is 11.3 Å². The predicted octanol–water partition coefficient (Wildman–Crippen LogP) is 4.06. The molecule has 2 aromatic rings. The van der Waals surface area contributed by atoms with Gasteiger partial charge in [-0.05, 0) is 44.2 Å². The molecule has 0 bridgehead atoms. The highest BCUT2D eigenvalue weighted by molar-refractivity contribution is 7.12. The number of unbranched alkanes of at least 4 members (excludes halogenated alkanes) is 1. The lowest BCUT2D eigenvalue weighted by Crippen LogP contribution is -2.18. The van der Waals surface area contributed by atoms with Crippen LogP contribution in [0, 0.1) is 6.92 Å². The minimum absolute atomic E-state index is 0.881. The number of methoxy groups -OCH3 is 1. The molecule has 0 radical (unpaired) electrons. The minimum Gasteiger partial charge on any atom is -0.497 e. The van der Waals surface area contributed by atoms with E-state index in [2.05, 4.69) is 31.3 Å². The summed E-state index contributed by atoms with van der Waals surface area (Å²) < 4.78 is 5.20. The minimum atomic E-state index is 0.881. The zero-order chi connectivity index (χ0) is 15.1. The number of benzene rings is 1. The zero-order valence-corrected chi connectivity index (χ0v) is 13.9. The highest BCUT2D eigenvalue weighted by Gasteiger charge is 2.09. The second-order valence-corrected chi connectivity index (χ2v) is 6.38. The van der Waals surface area contributed by atoms with E-state index in [-0.39, 0.29) is 0 Å². The molecule has 2 rings (SSSR count). The number of aromatic nitrogens is 1. The van der Waals surface area contributed by atoms with Crippen LogP contribution >= 0.6 is 11.3 Å². The number of nitrogens with zero attached hydrogens (tertiary/aromatic N) is 1. The van der Waals surface area contributed by atoms with Crippen LogP contribution in [0.2, 0.25) is 0 Å². The van der Waals surface area contributed by atoms with Crippen LogP contribution in [-0.4, -0.2) is 25.2 Å². The van der Waals surface area contributed by atoms with Crippen LogP contribution in [0.3, 0.4) is 0 Å². The first-order valence-corrected chi connectivity index (χ1v) is 8.37. The Hall–Kier alpha value is -1.39. The number of hydrogen-bond acceptors (Lipinski definition) is 4. The van der Waals surface area contributed by atoms with Gasteiger partial charge in [0.15, 0.2) is 0 Å². The van der Waals surface area contributed by atoms with E-state index >= 15 is 0 Å². The molecular formula is C17H24N2OS. The predicted molar refractivity (Wildman–Crippen MR) is 90.3 cm³/mol. The summed E-state index contributed by atoms with van der Waals surface area (Å²) >= 11 is 1.80. The van der Waals surface area contributed by atoms with Crippen molar-refractivity contribution in [2.75, 3.05) is 20.2 Å². The van der Waals surface area contributed by atoms with Crippen molar-refractivity contribution in [3.63, 3.8) is 0 Å². The molecule has 1 aromatic heterocycles. The molecule has 0 aliphatic rings. The highest BCUT2D eigenvalue weighted by Crippen LogP contribution is 2.28. The standard InChI is InChI=1S/C17H24N2OS/c1-4-5-11-18-12-10-16-19-17(13(2)21-16)14-6-8-15(20-3)9-7-14/h6-9,18H,4-5,10-12H2,1-3H3. The van der Waals surface area contributed by atoms with E-state index in [0.717, 1.165) is 36.5 Å². The number of nitrogens with one attached hydrogen (secondary N) is 1. The van der Waals surface area contributed by atoms with Crippen molar-refractivity contribution in [1.82, 2.24) is 10.3 Å². The van der Waals surface area contributed by atoms with E-state index in [0.29, 0.717) is 0 Å². The molecule has 21 heavy (non-hydrogen) atoms. The van der Waals surface area contributed by atoms with Crippen LogP contribution in [0.4, 0.5) is 0 Å². The SMILES string of the molecule is CCCCNCCc1nc(-c2ccc(OC)cc2)c(C)s1. The van der Waals surface area contributed by atoms with Crippen LogP contribution in [-0.2, 0) is 6.42 Å². The Kier molecular flexibility index (Phi) is 6.21. The second kappa shape index (κ2) is 8.15. The zero-order valence-electron chi connectivity index (χ0n) is 13.1. The molecule has 4 heteroatoms. The van der Waals surface area contributed by atoms with E-state index in [1.54, 1.807) is 18.4 Å². The maximum Gasteiger partial charge on any atom is 0.118 e. The molecule has 0 aliphatic carbocycles. The molecule has 0 atom stereocenters. The third-order valence-corrected chi connectivity index (χ3v) is 4.46. The van der Waals surface area contributed by atoms with E-state index in [9.17, 15) is 0 Å². The average molecular weight is 304 g/mol. The average Bonchev–Trinajstić information content (AvgIpc) is 2.88. The summed E-state index contributed by atoms with van der Waals surface area (Å²) in [5, 5.41) is 4.68. The summed E-state index contributed by atoms with van der Waals surface area (Å²) in [6.07, 6.45) is 3.49. The number of thiazole rings is 1. The summed E-state index contributed by atoms with van der Waals surface area (Å²) in [7, 11) is 1.69. The Bertz CT molecular complexity index is 548. The number of rotatable bonds is 8. The van der Waals surface area contributed by atoms with E-state index < -0.39 is 0 Å².